The van der Waals surface area contributed by atoms with Crippen LogP contribution in [0.15, 0.2) is 12.5 Å². The van der Waals surface area contributed by atoms with E-state index in [1.54, 1.807) is 7.05 Å². The summed E-state index contributed by atoms with van der Waals surface area (Å²) in [6.07, 6.45) is 2.83. The molecule has 0 spiro atoms. The third-order valence-corrected chi connectivity index (χ3v) is 1.89. The first-order valence-electron chi connectivity index (χ1n) is 3.86. The normalized spacial score (nSPS) is 10.3. The molecule has 8 heteroatoms. The third-order valence-electron chi connectivity index (χ3n) is 1.45. The Morgan fingerprint density at radius 1 is 1.33 bits per heavy atom. The fourth-order valence-electron chi connectivity index (χ4n) is 0.856. The summed E-state index contributed by atoms with van der Waals surface area (Å²) in [5, 5.41) is 4.19. The van der Waals surface area contributed by atoms with E-state index in [0.717, 1.165) is 0 Å². The van der Waals surface area contributed by atoms with Crippen LogP contribution in [0.1, 0.15) is 0 Å². The van der Waals surface area contributed by atoms with Gasteiger partial charge in [-0.1, -0.05) is 11.6 Å². The van der Waals surface area contributed by atoms with Crippen LogP contribution in [0.5, 0.6) is 11.9 Å². The fraction of sp³-hybridized carbons (Fsp3) is 0.143. The Balaban J connectivity index is 2.27. The average molecular weight is 246 g/mol. The highest BCUT2D eigenvalue weighted by Crippen LogP contribution is 2.25. The monoisotopic (exact) mass is 245 g/mol. The molecule has 2 aromatic heterocycles. The molecule has 0 bridgehead atoms. The van der Waals surface area contributed by atoms with Gasteiger partial charge < -0.3 is 4.74 Å². The van der Waals surface area contributed by atoms with E-state index < -0.39 is 0 Å². The van der Waals surface area contributed by atoms with Crippen LogP contribution in [0.4, 0.5) is 0 Å². The van der Waals surface area contributed by atoms with Gasteiger partial charge in [0.05, 0.1) is 6.20 Å². The van der Waals surface area contributed by atoms with E-state index in [4.69, 9.17) is 27.9 Å². The molecule has 78 valence electrons. The average Bonchev–Trinajstić information content (AvgIpc) is 2.58. The van der Waals surface area contributed by atoms with E-state index in [9.17, 15) is 0 Å². The second kappa shape index (κ2) is 4.00. The van der Waals surface area contributed by atoms with Gasteiger partial charge in [0.25, 0.3) is 0 Å². The molecule has 0 N–H and O–H groups in total. The number of nitrogens with zero attached hydrogens (tertiary/aromatic N) is 5. The molecule has 6 nitrogen and oxygen atoms in total. The number of rotatable bonds is 2. The van der Waals surface area contributed by atoms with E-state index in [1.165, 1.54) is 17.2 Å². The van der Waals surface area contributed by atoms with Gasteiger partial charge in [0.2, 0.25) is 11.2 Å². The largest absolute Gasteiger partial charge is 0.402 e. The van der Waals surface area contributed by atoms with Crippen molar-refractivity contribution >= 4 is 23.2 Å². The van der Waals surface area contributed by atoms with E-state index in [-0.39, 0.29) is 22.2 Å². The van der Waals surface area contributed by atoms with Crippen LogP contribution in [0.3, 0.4) is 0 Å². The van der Waals surface area contributed by atoms with Gasteiger partial charge >= 0.3 is 6.01 Å². The molecular weight excluding hydrogens is 241 g/mol. The predicted octanol–water partition coefficient (Wildman–Crippen LogP) is 1.70. The van der Waals surface area contributed by atoms with Crippen LogP contribution in [0.2, 0.25) is 10.3 Å². The molecule has 0 saturated heterocycles. The van der Waals surface area contributed by atoms with Gasteiger partial charge in [-0.25, -0.2) is 4.98 Å². The van der Waals surface area contributed by atoms with Crippen LogP contribution in [-0.4, -0.2) is 24.7 Å². The Morgan fingerprint density at radius 3 is 2.80 bits per heavy atom. The molecule has 0 fully saturated rings. The van der Waals surface area contributed by atoms with Gasteiger partial charge in [0.1, 0.15) is 11.3 Å². The quantitative estimate of drug-likeness (QED) is 0.754. The Labute approximate surface area is 94.8 Å². The van der Waals surface area contributed by atoms with Crippen molar-refractivity contribution in [2.24, 2.45) is 7.05 Å². The Kier molecular flexibility index (Phi) is 2.70. The van der Waals surface area contributed by atoms with Gasteiger partial charge in [-0.3, -0.25) is 4.68 Å². The van der Waals surface area contributed by atoms with Crippen LogP contribution >= 0.6 is 23.2 Å². The molecule has 0 aliphatic rings. The van der Waals surface area contributed by atoms with Crippen molar-refractivity contribution in [3.05, 3.63) is 22.8 Å². The van der Waals surface area contributed by atoms with Gasteiger partial charge in [-0.15, -0.1) is 5.10 Å². The van der Waals surface area contributed by atoms with E-state index in [2.05, 4.69) is 20.1 Å². The van der Waals surface area contributed by atoms with Crippen LogP contribution < -0.4 is 4.74 Å². The Bertz CT molecular complexity index is 486. The molecule has 0 atom stereocenters. The van der Waals surface area contributed by atoms with Gasteiger partial charge in [-0.2, -0.15) is 9.97 Å². The lowest BCUT2D eigenvalue weighted by molar-refractivity contribution is 0.422. The predicted molar refractivity (Wildman–Crippen MR) is 53.1 cm³/mol. The molecule has 2 aromatic rings. The van der Waals surface area contributed by atoms with Crippen molar-refractivity contribution in [1.29, 1.82) is 0 Å². The van der Waals surface area contributed by atoms with E-state index >= 15 is 0 Å². The molecule has 0 radical (unpaired) electrons. The van der Waals surface area contributed by atoms with Crippen molar-refractivity contribution in [2.75, 3.05) is 0 Å². The summed E-state index contributed by atoms with van der Waals surface area (Å²) in [4.78, 5) is 11.3. The molecule has 0 amide bonds. The second-order valence-corrected chi connectivity index (χ2v) is 3.34. The molecule has 15 heavy (non-hydrogen) atoms. The number of ether oxygens (including phenoxy) is 1. The lowest BCUT2D eigenvalue weighted by atomic mass is 10.6. The first kappa shape index (κ1) is 10.1. The maximum atomic E-state index is 5.78. The van der Waals surface area contributed by atoms with Gasteiger partial charge in [0, 0.05) is 7.05 Å². The SMILES string of the molecule is Cn1cnc(Oc2nc(Cl)ncc2Cl)n1. The van der Waals surface area contributed by atoms with E-state index in [1.807, 2.05) is 0 Å². The summed E-state index contributed by atoms with van der Waals surface area (Å²) < 4.78 is 6.69. The molecule has 2 heterocycles. The minimum absolute atomic E-state index is 0.0466. The zero-order valence-electron chi connectivity index (χ0n) is 7.55. The van der Waals surface area contributed by atoms with Crippen LogP contribution in [0.25, 0.3) is 0 Å². The summed E-state index contributed by atoms with van der Waals surface area (Å²) in [7, 11) is 1.72. The smallest absolute Gasteiger partial charge is 0.342 e. The maximum absolute atomic E-state index is 5.78. The van der Waals surface area contributed by atoms with Crippen LogP contribution in [-0.2, 0) is 7.05 Å². The Hall–Kier alpha value is -1.40. The van der Waals surface area contributed by atoms with Gasteiger partial charge in [-0.05, 0) is 11.6 Å². The fourth-order valence-corrected chi connectivity index (χ4v) is 1.11. The highest BCUT2D eigenvalue weighted by molar-refractivity contribution is 6.32. The minimum atomic E-state index is 0.0466. The summed E-state index contributed by atoms with van der Waals surface area (Å²) in [6.45, 7) is 0. The molecule has 0 aromatic carbocycles. The van der Waals surface area contributed by atoms with Gasteiger partial charge in [0.15, 0.2) is 0 Å². The molecule has 2 rings (SSSR count). The molecular formula is C7H5Cl2N5O. The van der Waals surface area contributed by atoms with E-state index in [0.29, 0.717) is 0 Å². The molecule has 0 aliphatic heterocycles. The number of aryl methyl sites for hydroxylation is 1. The third kappa shape index (κ3) is 2.34. The summed E-state index contributed by atoms with van der Waals surface area (Å²) in [5.41, 5.74) is 0. The summed E-state index contributed by atoms with van der Waals surface area (Å²) in [5.74, 6) is 0.128. The standard InChI is InChI=1S/C7H5Cl2N5O/c1-14-3-11-7(13-14)15-5-4(8)2-10-6(9)12-5/h2-3H,1H3. The number of hydrogen-bond acceptors (Lipinski definition) is 5. The van der Waals surface area contributed by atoms with Crippen molar-refractivity contribution < 1.29 is 4.74 Å². The first-order valence-corrected chi connectivity index (χ1v) is 4.62. The molecule has 0 unspecified atom stereocenters. The zero-order valence-corrected chi connectivity index (χ0v) is 9.07. The number of halogens is 2. The lowest BCUT2D eigenvalue weighted by Crippen LogP contribution is -1.94. The van der Waals surface area contributed by atoms with Crippen LogP contribution in [0, 0.1) is 0 Å². The molecule has 0 aliphatic carbocycles. The van der Waals surface area contributed by atoms with Crippen molar-refractivity contribution in [2.45, 2.75) is 0 Å². The minimum Gasteiger partial charge on any atom is -0.402 e. The summed E-state index contributed by atoms with van der Waals surface area (Å²) in [6, 6.07) is 0.147. The van der Waals surface area contributed by atoms with Crippen molar-refractivity contribution in [1.82, 2.24) is 24.7 Å². The first-order chi connectivity index (χ1) is 7.15. The number of hydrogen-bond donors (Lipinski definition) is 0. The van der Waals surface area contributed by atoms with Crippen molar-refractivity contribution in [3.63, 3.8) is 0 Å². The Morgan fingerprint density at radius 2 is 2.13 bits per heavy atom. The van der Waals surface area contributed by atoms with Crippen molar-refractivity contribution in [3.8, 4) is 11.9 Å². The highest BCUT2D eigenvalue weighted by Gasteiger charge is 2.09. The second-order valence-electron chi connectivity index (χ2n) is 2.59. The lowest BCUT2D eigenvalue weighted by Gasteiger charge is -2.01. The highest BCUT2D eigenvalue weighted by atomic mass is 35.5. The number of aromatic nitrogens is 5. The molecule has 0 saturated carbocycles. The zero-order chi connectivity index (χ0) is 10.8. The topological polar surface area (TPSA) is 65.7 Å². The maximum Gasteiger partial charge on any atom is 0.342 e. The summed E-state index contributed by atoms with van der Waals surface area (Å²) >= 11 is 11.4.